The number of aliphatic carboxylic acids is 1. The second-order valence-electron chi connectivity index (χ2n) is 6.71. The number of carboxylic acid groups (broad SMARTS) is 1. The summed E-state index contributed by atoms with van der Waals surface area (Å²) in [7, 11) is -1.77. The Kier molecular flexibility index (Phi) is 5.54. The van der Waals surface area contributed by atoms with Crippen LogP contribution in [0.5, 0.6) is 0 Å². The van der Waals surface area contributed by atoms with Crippen LogP contribution >= 0.6 is 0 Å². The molecule has 0 atom stereocenters. The summed E-state index contributed by atoms with van der Waals surface area (Å²) in [4.78, 5) is 10.7. The third-order valence-electron chi connectivity index (χ3n) is 4.12. The molecule has 0 saturated carbocycles. The van der Waals surface area contributed by atoms with Gasteiger partial charge in [0.15, 0.2) is 8.32 Å². The third kappa shape index (κ3) is 4.76. The van der Waals surface area contributed by atoms with Crippen molar-refractivity contribution in [2.24, 2.45) is 0 Å². The van der Waals surface area contributed by atoms with E-state index in [9.17, 15) is 4.79 Å². The molecule has 20 heavy (non-hydrogen) atoms. The molecule has 0 radical (unpaired) electrons. The Labute approximate surface area is 123 Å². The van der Waals surface area contributed by atoms with E-state index in [0.29, 0.717) is 13.0 Å². The van der Waals surface area contributed by atoms with E-state index in [2.05, 4.69) is 33.9 Å². The van der Waals surface area contributed by atoms with Crippen LogP contribution in [-0.2, 0) is 22.2 Å². The van der Waals surface area contributed by atoms with E-state index in [-0.39, 0.29) is 11.5 Å². The molecule has 0 spiro atoms. The van der Waals surface area contributed by atoms with Crippen molar-refractivity contribution in [1.29, 1.82) is 0 Å². The molecule has 1 N–H and O–H groups in total. The van der Waals surface area contributed by atoms with Crippen LogP contribution in [0.25, 0.3) is 0 Å². The minimum Gasteiger partial charge on any atom is -0.481 e. The molecule has 0 fully saturated rings. The van der Waals surface area contributed by atoms with Crippen molar-refractivity contribution in [2.75, 3.05) is 0 Å². The van der Waals surface area contributed by atoms with Gasteiger partial charge < -0.3 is 9.53 Å². The van der Waals surface area contributed by atoms with Gasteiger partial charge in [0.25, 0.3) is 0 Å². The number of hydrogen-bond acceptors (Lipinski definition) is 2. The highest BCUT2D eigenvalue weighted by molar-refractivity contribution is 6.74. The van der Waals surface area contributed by atoms with Gasteiger partial charge in [0, 0.05) is 6.42 Å². The Morgan fingerprint density at radius 3 is 2.25 bits per heavy atom. The fourth-order valence-corrected chi connectivity index (χ4v) is 2.61. The molecule has 0 aromatic heterocycles. The molecule has 4 heteroatoms. The summed E-state index contributed by atoms with van der Waals surface area (Å²) >= 11 is 0. The predicted octanol–water partition coefficient (Wildman–Crippen LogP) is 4.23. The van der Waals surface area contributed by atoms with Gasteiger partial charge in [-0.2, -0.15) is 0 Å². The van der Waals surface area contributed by atoms with E-state index >= 15 is 0 Å². The van der Waals surface area contributed by atoms with Crippen molar-refractivity contribution in [3.63, 3.8) is 0 Å². The quantitative estimate of drug-likeness (QED) is 0.799. The van der Waals surface area contributed by atoms with Crippen molar-refractivity contribution in [2.45, 2.75) is 58.4 Å². The van der Waals surface area contributed by atoms with Crippen LogP contribution in [0.3, 0.4) is 0 Å². The lowest BCUT2D eigenvalue weighted by molar-refractivity contribution is -0.136. The fraction of sp³-hybridized carbons (Fsp3) is 0.562. The second kappa shape index (κ2) is 6.55. The van der Waals surface area contributed by atoms with Crippen LogP contribution in [0, 0.1) is 0 Å². The highest BCUT2D eigenvalue weighted by Crippen LogP contribution is 2.37. The average Bonchev–Trinajstić information content (AvgIpc) is 2.33. The van der Waals surface area contributed by atoms with Crippen LogP contribution in [0.1, 0.15) is 38.3 Å². The summed E-state index contributed by atoms with van der Waals surface area (Å²) in [5, 5.41) is 8.99. The predicted molar refractivity (Wildman–Crippen MR) is 84.4 cm³/mol. The lowest BCUT2D eigenvalue weighted by atomic mass is 10.0. The van der Waals surface area contributed by atoms with Crippen molar-refractivity contribution in [1.82, 2.24) is 0 Å². The van der Waals surface area contributed by atoms with Crippen molar-refractivity contribution in [3.8, 4) is 0 Å². The number of carbonyl (C=O) groups is 1. The third-order valence-corrected chi connectivity index (χ3v) is 8.60. The lowest BCUT2D eigenvalue weighted by Gasteiger charge is -2.36. The van der Waals surface area contributed by atoms with Gasteiger partial charge in [-0.1, -0.05) is 45.0 Å². The first-order valence-electron chi connectivity index (χ1n) is 7.06. The molecule has 0 heterocycles. The van der Waals surface area contributed by atoms with E-state index in [4.69, 9.17) is 9.53 Å². The molecule has 0 amide bonds. The van der Waals surface area contributed by atoms with Gasteiger partial charge in [-0.25, -0.2) is 0 Å². The number of benzene rings is 1. The van der Waals surface area contributed by atoms with Gasteiger partial charge in [0.05, 0.1) is 6.61 Å². The lowest BCUT2D eigenvalue weighted by Crippen LogP contribution is -2.40. The number of rotatable bonds is 6. The smallest absolute Gasteiger partial charge is 0.303 e. The van der Waals surface area contributed by atoms with E-state index in [1.165, 1.54) is 0 Å². The van der Waals surface area contributed by atoms with Crippen LogP contribution < -0.4 is 0 Å². The van der Waals surface area contributed by atoms with E-state index in [0.717, 1.165) is 11.1 Å². The van der Waals surface area contributed by atoms with Gasteiger partial charge in [-0.15, -0.1) is 0 Å². The Morgan fingerprint density at radius 2 is 1.75 bits per heavy atom. The summed E-state index contributed by atoms with van der Waals surface area (Å²) < 4.78 is 6.22. The fourth-order valence-electron chi connectivity index (χ4n) is 1.66. The molecular formula is C16H26O3Si. The second-order valence-corrected chi connectivity index (χ2v) is 11.5. The van der Waals surface area contributed by atoms with Crippen molar-refractivity contribution < 1.29 is 14.3 Å². The van der Waals surface area contributed by atoms with E-state index in [1.54, 1.807) is 0 Å². The molecule has 112 valence electrons. The maximum absolute atomic E-state index is 10.7. The standard InChI is InChI=1S/C16H26O3Si/c1-16(2,3)20(4,5)19-12-14-9-7-6-8-13(14)10-11-15(17)18/h6-9H,10-12H2,1-5H3,(H,17,18). The average molecular weight is 294 g/mol. The van der Waals surface area contributed by atoms with E-state index in [1.807, 2.05) is 24.3 Å². The van der Waals surface area contributed by atoms with Crippen molar-refractivity contribution >= 4 is 14.3 Å². The SMILES string of the molecule is CC(C)(C)[Si](C)(C)OCc1ccccc1CCC(=O)O. The largest absolute Gasteiger partial charge is 0.481 e. The first kappa shape index (κ1) is 16.9. The zero-order valence-electron chi connectivity index (χ0n) is 13.2. The van der Waals surface area contributed by atoms with Gasteiger partial charge in [0.2, 0.25) is 0 Å². The first-order valence-corrected chi connectivity index (χ1v) is 9.97. The molecule has 1 aromatic rings. The summed E-state index contributed by atoms with van der Waals surface area (Å²) in [5.74, 6) is -0.759. The molecule has 0 bridgehead atoms. The monoisotopic (exact) mass is 294 g/mol. The van der Waals surface area contributed by atoms with Gasteiger partial charge in [-0.3, -0.25) is 4.79 Å². The number of hydrogen-bond donors (Lipinski definition) is 1. The maximum Gasteiger partial charge on any atom is 0.303 e. The molecule has 1 aromatic carbocycles. The minimum atomic E-state index is -1.77. The molecule has 0 aliphatic carbocycles. The van der Waals surface area contributed by atoms with Gasteiger partial charge >= 0.3 is 5.97 Å². The Bertz CT molecular complexity index is 461. The molecule has 0 unspecified atom stereocenters. The molecule has 0 saturated heterocycles. The van der Waals surface area contributed by atoms with Gasteiger partial charge in [-0.05, 0) is 35.7 Å². The van der Waals surface area contributed by atoms with Crippen LogP contribution in [0.2, 0.25) is 18.1 Å². The molecule has 3 nitrogen and oxygen atoms in total. The summed E-state index contributed by atoms with van der Waals surface area (Å²) in [6.07, 6.45) is 0.726. The van der Waals surface area contributed by atoms with Crippen LogP contribution in [0.4, 0.5) is 0 Å². The summed E-state index contributed by atoms with van der Waals surface area (Å²) in [6.45, 7) is 11.7. The molecule has 1 rings (SSSR count). The normalized spacial score (nSPS) is 12.4. The zero-order chi connectivity index (χ0) is 15.4. The number of carboxylic acids is 1. The van der Waals surface area contributed by atoms with Crippen LogP contribution in [0.15, 0.2) is 24.3 Å². The Hall–Kier alpha value is -1.13. The number of aryl methyl sites for hydroxylation is 1. The molecular weight excluding hydrogens is 268 g/mol. The zero-order valence-corrected chi connectivity index (χ0v) is 14.2. The highest BCUT2D eigenvalue weighted by Gasteiger charge is 2.37. The molecule has 0 aliphatic heterocycles. The van der Waals surface area contributed by atoms with Crippen LogP contribution in [-0.4, -0.2) is 19.4 Å². The highest BCUT2D eigenvalue weighted by atomic mass is 28.4. The summed E-state index contributed by atoms with van der Waals surface area (Å²) in [6, 6.07) is 7.96. The Morgan fingerprint density at radius 1 is 1.20 bits per heavy atom. The Balaban J connectivity index is 2.75. The van der Waals surface area contributed by atoms with Gasteiger partial charge in [0.1, 0.15) is 0 Å². The minimum absolute atomic E-state index is 0.164. The topological polar surface area (TPSA) is 46.5 Å². The first-order chi connectivity index (χ1) is 9.13. The molecule has 0 aliphatic rings. The summed E-state index contributed by atoms with van der Waals surface area (Å²) in [5.41, 5.74) is 2.19. The van der Waals surface area contributed by atoms with Crippen molar-refractivity contribution in [3.05, 3.63) is 35.4 Å². The van der Waals surface area contributed by atoms with E-state index < -0.39 is 14.3 Å². The maximum atomic E-state index is 10.7.